The Balaban J connectivity index is 4.79. The predicted molar refractivity (Wildman–Crippen MR) is 108 cm³/mol. The zero-order valence-corrected chi connectivity index (χ0v) is 18.1. The van der Waals surface area contributed by atoms with Gasteiger partial charge in [0.15, 0.2) is 0 Å². The zero-order chi connectivity index (χ0) is 18.3. The highest BCUT2D eigenvalue weighted by Crippen LogP contribution is 2.38. The molecule has 0 nitrogen and oxygen atoms in total. The molecule has 0 radical (unpaired) electrons. The summed E-state index contributed by atoms with van der Waals surface area (Å²) in [6.45, 7) is 26.5. The van der Waals surface area contributed by atoms with Crippen molar-refractivity contribution in [2.45, 2.75) is 82.6 Å². The average Bonchev–Trinajstić information content (AvgIpc) is 2.54. The predicted octanol–water partition coefficient (Wildman–Crippen LogP) is 7.70. The summed E-state index contributed by atoms with van der Waals surface area (Å²) in [6.07, 6.45) is 6.13. The van der Waals surface area contributed by atoms with Gasteiger partial charge in [0.1, 0.15) is 0 Å². The maximum Gasteiger partial charge on any atom is -0.0233 e. The molecule has 23 heavy (non-hydrogen) atoms. The first kappa shape index (κ1) is 22.7. The highest BCUT2D eigenvalue weighted by Gasteiger charge is 2.31. The van der Waals surface area contributed by atoms with Crippen LogP contribution in [-0.4, -0.2) is 0 Å². The molecule has 8 atom stereocenters. The van der Waals surface area contributed by atoms with E-state index in [1.165, 1.54) is 6.42 Å². The van der Waals surface area contributed by atoms with Crippen LogP contribution in [0.25, 0.3) is 0 Å². The SMILES string of the molecule is CCC(C)C=CC(C)C(C)C(C)C(C)C(C)C(C)C(C)C(C)C. The first-order chi connectivity index (χ1) is 10.5. The maximum atomic E-state index is 2.49. The lowest BCUT2D eigenvalue weighted by molar-refractivity contribution is 0.112. The van der Waals surface area contributed by atoms with Gasteiger partial charge in [-0.15, -0.1) is 0 Å². The minimum absolute atomic E-state index is 0.673. The molecule has 0 heterocycles. The van der Waals surface area contributed by atoms with Gasteiger partial charge in [0.2, 0.25) is 0 Å². The molecule has 0 saturated heterocycles. The quantitative estimate of drug-likeness (QED) is 0.361. The van der Waals surface area contributed by atoms with E-state index in [-0.39, 0.29) is 0 Å². The number of allylic oxidation sites excluding steroid dienone is 2. The van der Waals surface area contributed by atoms with Crippen LogP contribution >= 0.6 is 0 Å². The van der Waals surface area contributed by atoms with Crippen LogP contribution in [0.5, 0.6) is 0 Å². The molecule has 0 heteroatoms. The van der Waals surface area contributed by atoms with Crippen molar-refractivity contribution in [3.05, 3.63) is 12.2 Å². The van der Waals surface area contributed by atoms with Gasteiger partial charge in [-0.25, -0.2) is 0 Å². The normalized spacial score (nSPS) is 23.3. The van der Waals surface area contributed by atoms with Crippen molar-refractivity contribution in [2.75, 3.05) is 0 Å². The van der Waals surface area contributed by atoms with Crippen molar-refractivity contribution in [1.82, 2.24) is 0 Å². The molecule has 0 spiro atoms. The molecular weight excluding hydrogens is 276 g/mol. The van der Waals surface area contributed by atoms with E-state index in [0.29, 0.717) is 11.8 Å². The molecular formula is C23H46. The molecule has 0 saturated carbocycles. The number of hydrogen-bond donors (Lipinski definition) is 0. The maximum absolute atomic E-state index is 2.49. The highest BCUT2D eigenvalue weighted by atomic mass is 14.4. The third kappa shape index (κ3) is 7.02. The smallest absolute Gasteiger partial charge is 0.0233 e. The topological polar surface area (TPSA) is 0 Å². The summed E-state index contributed by atoms with van der Waals surface area (Å²) in [4.78, 5) is 0. The monoisotopic (exact) mass is 322 g/mol. The van der Waals surface area contributed by atoms with Crippen LogP contribution in [0.15, 0.2) is 12.2 Å². The Morgan fingerprint density at radius 2 is 0.913 bits per heavy atom. The average molecular weight is 323 g/mol. The molecule has 0 bridgehead atoms. The highest BCUT2D eigenvalue weighted by molar-refractivity contribution is 4.93. The van der Waals surface area contributed by atoms with Crippen LogP contribution in [0.1, 0.15) is 82.6 Å². The van der Waals surface area contributed by atoms with Crippen LogP contribution in [0.4, 0.5) is 0 Å². The fourth-order valence-corrected chi connectivity index (χ4v) is 3.68. The van der Waals surface area contributed by atoms with Gasteiger partial charge in [-0.05, 0) is 53.3 Å². The van der Waals surface area contributed by atoms with E-state index >= 15 is 0 Å². The Morgan fingerprint density at radius 1 is 0.522 bits per heavy atom. The van der Waals surface area contributed by atoms with Crippen molar-refractivity contribution in [1.29, 1.82) is 0 Å². The minimum Gasteiger partial charge on any atom is -0.0854 e. The molecule has 138 valence electrons. The van der Waals surface area contributed by atoms with Gasteiger partial charge in [0.25, 0.3) is 0 Å². The van der Waals surface area contributed by atoms with Crippen LogP contribution in [0, 0.1) is 53.3 Å². The number of hydrogen-bond acceptors (Lipinski definition) is 0. The Hall–Kier alpha value is -0.260. The summed E-state index contributed by atoms with van der Waals surface area (Å²) >= 11 is 0. The van der Waals surface area contributed by atoms with Gasteiger partial charge in [-0.3, -0.25) is 0 Å². The minimum atomic E-state index is 0.673. The van der Waals surface area contributed by atoms with Crippen LogP contribution in [0.3, 0.4) is 0 Å². The van der Waals surface area contributed by atoms with Crippen LogP contribution < -0.4 is 0 Å². The first-order valence-electron chi connectivity index (χ1n) is 10.2. The lowest BCUT2D eigenvalue weighted by atomic mass is 9.67. The molecule has 0 aliphatic heterocycles. The van der Waals surface area contributed by atoms with Crippen molar-refractivity contribution in [3.63, 3.8) is 0 Å². The van der Waals surface area contributed by atoms with Gasteiger partial charge in [-0.2, -0.15) is 0 Å². The van der Waals surface area contributed by atoms with E-state index < -0.39 is 0 Å². The summed E-state index contributed by atoms with van der Waals surface area (Å²) in [5.74, 6) is 6.84. The Kier molecular flexibility index (Phi) is 10.5. The van der Waals surface area contributed by atoms with E-state index in [4.69, 9.17) is 0 Å². The third-order valence-corrected chi connectivity index (χ3v) is 7.41. The molecule has 0 aromatic carbocycles. The molecule has 0 fully saturated rings. The molecule has 0 aliphatic rings. The summed E-state index contributed by atoms with van der Waals surface area (Å²) < 4.78 is 0. The Labute approximate surface area is 148 Å². The van der Waals surface area contributed by atoms with Crippen molar-refractivity contribution < 1.29 is 0 Å². The fraction of sp³-hybridized carbons (Fsp3) is 0.913. The van der Waals surface area contributed by atoms with E-state index in [1.807, 2.05) is 0 Å². The van der Waals surface area contributed by atoms with Gasteiger partial charge in [0, 0.05) is 0 Å². The Bertz CT molecular complexity index is 327. The van der Waals surface area contributed by atoms with E-state index in [1.54, 1.807) is 0 Å². The molecule has 0 aromatic rings. The molecule has 0 aromatic heterocycles. The Morgan fingerprint density at radius 3 is 1.30 bits per heavy atom. The van der Waals surface area contributed by atoms with Gasteiger partial charge in [-0.1, -0.05) is 94.7 Å². The van der Waals surface area contributed by atoms with Gasteiger partial charge in [0.05, 0.1) is 0 Å². The summed E-state index contributed by atoms with van der Waals surface area (Å²) in [7, 11) is 0. The van der Waals surface area contributed by atoms with Gasteiger partial charge < -0.3 is 0 Å². The lowest BCUT2D eigenvalue weighted by Crippen LogP contribution is -2.32. The second-order valence-corrected chi connectivity index (χ2v) is 9.03. The molecule has 0 N–H and O–H groups in total. The van der Waals surface area contributed by atoms with E-state index in [0.717, 1.165) is 41.4 Å². The van der Waals surface area contributed by atoms with Crippen molar-refractivity contribution in [3.8, 4) is 0 Å². The third-order valence-electron chi connectivity index (χ3n) is 7.41. The largest absolute Gasteiger partial charge is 0.0854 e. The second-order valence-electron chi connectivity index (χ2n) is 9.03. The first-order valence-corrected chi connectivity index (χ1v) is 10.2. The number of rotatable bonds is 10. The van der Waals surface area contributed by atoms with Gasteiger partial charge >= 0.3 is 0 Å². The van der Waals surface area contributed by atoms with Crippen LogP contribution in [-0.2, 0) is 0 Å². The summed E-state index contributed by atoms with van der Waals surface area (Å²) in [6, 6.07) is 0. The molecule has 0 rings (SSSR count). The molecule has 0 amide bonds. The molecule has 0 aliphatic carbocycles. The zero-order valence-electron chi connectivity index (χ0n) is 18.1. The summed E-state index contributed by atoms with van der Waals surface area (Å²) in [5, 5.41) is 0. The lowest BCUT2D eigenvalue weighted by Gasteiger charge is -2.38. The fourth-order valence-electron chi connectivity index (χ4n) is 3.68. The molecule has 8 unspecified atom stereocenters. The second kappa shape index (κ2) is 10.6. The van der Waals surface area contributed by atoms with Crippen molar-refractivity contribution in [2.24, 2.45) is 53.3 Å². The van der Waals surface area contributed by atoms with Crippen molar-refractivity contribution >= 4 is 0 Å². The van der Waals surface area contributed by atoms with E-state index in [9.17, 15) is 0 Å². The standard InChI is InChI=1S/C23H46/c1-12-16(4)13-14-17(5)19(7)21(9)23(11)22(10)20(8)18(6)15(2)3/h13-23H,12H2,1-11H3. The van der Waals surface area contributed by atoms with Crippen LogP contribution in [0.2, 0.25) is 0 Å². The van der Waals surface area contributed by atoms with E-state index in [2.05, 4.69) is 88.3 Å². The summed E-state index contributed by atoms with van der Waals surface area (Å²) in [5.41, 5.74) is 0.